The summed E-state index contributed by atoms with van der Waals surface area (Å²) in [6.45, 7) is 4.19. The van der Waals surface area contributed by atoms with Gasteiger partial charge < -0.3 is 15.8 Å². The first kappa shape index (κ1) is 12.5. The van der Waals surface area contributed by atoms with Crippen LogP contribution in [-0.4, -0.2) is 24.1 Å². The molecule has 1 aromatic carbocycles. The average Bonchev–Trinajstić information content (AvgIpc) is 2.82. The number of nitrogens with two attached hydrogens (primary N) is 1. The van der Waals surface area contributed by atoms with E-state index in [4.69, 9.17) is 10.5 Å². The molecular weight excluding hydrogens is 240 g/mol. The van der Waals surface area contributed by atoms with Crippen LogP contribution in [0.2, 0.25) is 0 Å². The number of fused-ring (bicyclic) bond motifs is 1. The number of carbonyl (C=O) groups is 1. The maximum Gasteiger partial charge on any atom is 0.261 e. The van der Waals surface area contributed by atoms with Crippen molar-refractivity contribution in [3.05, 3.63) is 29.8 Å². The third-order valence-electron chi connectivity index (χ3n) is 4.60. The summed E-state index contributed by atoms with van der Waals surface area (Å²) >= 11 is 0. The molecular formula is C15H20N2O2. The minimum absolute atomic E-state index is 0.0267. The molecule has 1 heterocycles. The Morgan fingerprint density at radius 1 is 1.42 bits per heavy atom. The lowest BCUT2D eigenvalue weighted by molar-refractivity contribution is -0.130. The van der Waals surface area contributed by atoms with Crippen molar-refractivity contribution in [2.75, 3.05) is 0 Å². The Bertz CT molecular complexity index is 488. The van der Waals surface area contributed by atoms with Gasteiger partial charge in [-0.1, -0.05) is 32.0 Å². The second kappa shape index (κ2) is 4.23. The Morgan fingerprint density at radius 3 is 2.79 bits per heavy atom. The van der Waals surface area contributed by atoms with Gasteiger partial charge in [0.05, 0.1) is 0 Å². The molecule has 1 aliphatic carbocycles. The summed E-state index contributed by atoms with van der Waals surface area (Å²) < 4.78 is 5.69. The van der Waals surface area contributed by atoms with Crippen LogP contribution >= 0.6 is 0 Å². The largest absolute Gasteiger partial charge is 0.480 e. The molecule has 2 aliphatic rings. The molecule has 3 atom stereocenters. The number of ether oxygens (including phenoxy) is 1. The van der Waals surface area contributed by atoms with E-state index < -0.39 is 6.10 Å². The average molecular weight is 260 g/mol. The summed E-state index contributed by atoms with van der Waals surface area (Å²) in [4.78, 5) is 12.2. The van der Waals surface area contributed by atoms with Gasteiger partial charge in [-0.15, -0.1) is 0 Å². The lowest BCUT2D eigenvalue weighted by Crippen LogP contribution is -2.65. The predicted octanol–water partition coefficient (Wildman–Crippen LogP) is 1.23. The fraction of sp³-hybridized carbons (Fsp3) is 0.533. The summed E-state index contributed by atoms with van der Waals surface area (Å²) in [5.74, 6) is 0.799. The summed E-state index contributed by atoms with van der Waals surface area (Å²) in [7, 11) is 0. The number of benzene rings is 1. The molecule has 4 nitrogen and oxygen atoms in total. The third-order valence-corrected chi connectivity index (χ3v) is 4.60. The lowest BCUT2D eigenvalue weighted by Gasteiger charge is -2.50. The monoisotopic (exact) mass is 260 g/mol. The molecule has 0 saturated heterocycles. The van der Waals surface area contributed by atoms with Crippen molar-refractivity contribution >= 4 is 5.91 Å². The second-order valence-electron chi connectivity index (χ2n) is 6.14. The van der Waals surface area contributed by atoms with Gasteiger partial charge in [0, 0.05) is 23.9 Å². The molecule has 19 heavy (non-hydrogen) atoms. The molecule has 1 fully saturated rings. The van der Waals surface area contributed by atoms with Gasteiger partial charge >= 0.3 is 0 Å². The van der Waals surface area contributed by atoms with E-state index in [1.807, 2.05) is 24.3 Å². The van der Waals surface area contributed by atoms with E-state index in [9.17, 15) is 4.79 Å². The van der Waals surface area contributed by atoms with Crippen LogP contribution in [0.4, 0.5) is 0 Å². The minimum atomic E-state index is -0.398. The van der Waals surface area contributed by atoms with Crippen molar-refractivity contribution < 1.29 is 9.53 Å². The van der Waals surface area contributed by atoms with Crippen LogP contribution in [0.1, 0.15) is 25.8 Å². The van der Waals surface area contributed by atoms with Gasteiger partial charge in [0.2, 0.25) is 0 Å². The van der Waals surface area contributed by atoms with Gasteiger partial charge in [-0.3, -0.25) is 4.79 Å². The van der Waals surface area contributed by atoms with Gasteiger partial charge in [0.25, 0.3) is 5.91 Å². The molecule has 1 aromatic rings. The minimum Gasteiger partial charge on any atom is -0.480 e. The van der Waals surface area contributed by atoms with Crippen LogP contribution in [0.3, 0.4) is 0 Å². The van der Waals surface area contributed by atoms with Crippen LogP contribution in [0.15, 0.2) is 24.3 Å². The van der Waals surface area contributed by atoms with Crippen molar-refractivity contribution in [1.82, 2.24) is 5.32 Å². The van der Waals surface area contributed by atoms with E-state index in [-0.39, 0.29) is 23.4 Å². The number of amides is 1. The van der Waals surface area contributed by atoms with E-state index in [2.05, 4.69) is 19.2 Å². The zero-order valence-corrected chi connectivity index (χ0v) is 11.3. The highest BCUT2D eigenvalue weighted by molar-refractivity contribution is 5.83. The zero-order valence-electron chi connectivity index (χ0n) is 11.3. The predicted molar refractivity (Wildman–Crippen MR) is 72.9 cm³/mol. The molecule has 1 saturated carbocycles. The lowest BCUT2D eigenvalue weighted by atomic mass is 9.63. The SMILES string of the molecule is CC1(C)C(N)CC1NC(=O)C1Cc2ccccc2O1. The summed E-state index contributed by atoms with van der Waals surface area (Å²) in [6.07, 6.45) is 1.10. The Hall–Kier alpha value is -1.55. The molecule has 1 aliphatic heterocycles. The molecule has 3 N–H and O–H groups in total. The molecule has 0 aromatic heterocycles. The molecule has 3 unspecified atom stereocenters. The summed E-state index contributed by atoms with van der Waals surface area (Å²) in [5.41, 5.74) is 7.04. The fourth-order valence-electron chi connectivity index (χ4n) is 2.80. The standard InChI is InChI=1S/C15H20N2O2/c1-15(2)12(16)8-13(15)17-14(18)11-7-9-5-3-4-6-10(9)19-11/h3-6,11-13H,7-8,16H2,1-2H3,(H,17,18). The maximum absolute atomic E-state index is 12.2. The second-order valence-corrected chi connectivity index (χ2v) is 6.14. The van der Waals surface area contributed by atoms with Crippen molar-refractivity contribution in [2.45, 2.75) is 44.9 Å². The maximum atomic E-state index is 12.2. The van der Waals surface area contributed by atoms with Crippen molar-refractivity contribution in [3.63, 3.8) is 0 Å². The molecule has 4 heteroatoms. The number of rotatable bonds is 2. The highest BCUT2D eigenvalue weighted by Gasteiger charge is 2.47. The zero-order chi connectivity index (χ0) is 13.6. The number of carbonyl (C=O) groups excluding carboxylic acids is 1. The van der Waals surface area contributed by atoms with E-state index >= 15 is 0 Å². The van der Waals surface area contributed by atoms with Gasteiger partial charge in [-0.25, -0.2) is 0 Å². The smallest absolute Gasteiger partial charge is 0.261 e. The van der Waals surface area contributed by atoms with Crippen molar-refractivity contribution in [3.8, 4) is 5.75 Å². The Kier molecular flexibility index (Phi) is 2.78. The first-order valence-electron chi connectivity index (χ1n) is 6.79. The Morgan fingerprint density at radius 2 is 2.16 bits per heavy atom. The molecule has 3 rings (SSSR count). The van der Waals surface area contributed by atoms with Crippen LogP contribution in [0, 0.1) is 5.41 Å². The number of nitrogens with one attached hydrogen (secondary N) is 1. The van der Waals surface area contributed by atoms with Crippen LogP contribution in [-0.2, 0) is 11.2 Å². The molecule has 102 valence electrons. The number of para-hydroxylation sites is 1. The van der Waals surface area contributed by atoms with Crippen LogP contribution in [0.5, 0.6) is 5.75 Å². The van der Waals surface area contributed by atoms with Crippen LogP contribution < -0.4 is 15.8 Å². The van der Waals surface area contributed by atoms with Gasteiger partial charge in [0.1, 0.15) is 5.75 Å². The third kappa shape index (κ3) is 2.00. The van der Waals surface area contributed by atoms with Crippen molar-refractivity contribution in [2.24, 2.45) is 11.1 Å². The van der Waals surface area contributed by atoms with Crippen LogP contribution in [0.25, 0.3) is 0 Å². The molecule has 1 amide bonds. The van der Waals surface area contributed by atoms with Gasteiger partial charge in [0.15, 0.2) is 6.10 Å². The van der Waals surface area contributed by atoms with Gasteiger partial charge in [-0.2, -0.15) is 0 Å². The van der Waals surface area contributed by atoms with Gasteiger partial charge in [-0.05, 0) is 18.1 Å². The fourth-order valence-corrected chi connectivity index (χ4v) is 2.80. The normalized spacial score (nSPS) is 31.0. The topological polar surface area (TPSA) is 64.3 Å². The highest BCUT2D eigenvalue weighted by atomic mass is 16.5. The van der Waals surface area contributed by atoms with Crippen molar-refractivity contribution in [1.29, 1.82) is 0 Å². The summed E-state index contributed by atoms with van der Waals surface area (Å²) in [6, 6.07) is 8.13. The quantitative estimate of drug-likeness (QED) is 0.840. The summed E-state index contributed by atoms with van der Waals surface area (Å²) in [5, 5.41) is 3.07. The molecule has 0 radical (unpaired) electrons. The first-order chi connectivity index (χ1) is 8.98. The number of hydrogen-bond donors (Lipinski definition) is 2. The Balaban J connectivity index is 1.62. The van der Waals surface area contributed by atoms with E-state index in [0.29, 0.717) is 6.42 Å². The number of hydrogen-bond acceptors (Lipinski definition) is 3. The molecule has 0 spiro atoms. The Labute approximate surface area is 113 Å². The molecule has 0 bridgehead atoms. The van der Waals surface area contributed by atoms with E-state index in [1.54, 1.807) is 0 Å². The van der Waals surface area contributed by atoms with E-state index in [0.717, 1.165) is 17.7 Å². The first-order valence-corrected chi connectivity index (χ1v) is 6.79. The highest BCUT2D eigenvalue weighted by Crippen LogP contribution is 2.39. The van der Waals surface area contributed by atoms with E-state index in [1.165, 1.54) is 0 Å².